The number of carbonyl (C=O) groups is 1. The van der Waals surface area contributed by atoms with Gasteiger partial charge in [-0.05, 0) is 12.5 Å². The highest BCUT2D eigenvalue weighted by Crippen LogP contribution is 2.32. The van der Waals surface area contributed by atoms with Crippen LogP contribution in [0.25, 0.3) is 0 Å². The summed E-state index contributed by atoms with van der Waals surface area (Å²) in [5.74, 6) is -0.216. The largest absolute Gasteiger partial charge is 0.490 e. The number of rotatable bonds is 6. The van der Waals surface area contributed by atoms with Gasteiger partial charge in [0.15, 0.2) is 0 Å². The Morgan fingerprint density at radius 2 is 2.24 bits per heavy atom. The van der Waals surface area contributed by atoms with Crippen LogP contribution in [-0.2, 0) is 16.0 Å². The molecule has 17 heavy (non-hydrogen) atoms. The maximum Gasteiger partial charge on any atom is 0.307 e. The normalized spacial score (nSPS) is 22.2. The van der Waals surface area contributed by atoms with E-state index in [9.17, 15) is 4.79 Å². The lowest BCUT2D eigenvalue weighted by atomic mass is 10.1. The number of epoxide rings is 1. The molecule has 1 saturated heterocycles. The zero-order valence-corrected chi connectivity index (χ0v) is 9.81. The Labute approximate surface area is 100 Å². The number of aliphatic carboxylic acids is 1. The van der Waals surface area contributed by atoms with Crippen molar-refractivity contribution in [2.24, 2.45) is 0 Å². The van der Waals surface area contributed by atoms with Gasteiger partial charge in [0.1, 0.15) is 18.0 Å². The molecule has 1 unspecified atom stereocenters. The van der Waals surface area contributed by atoms with E-state index in [1.165, 1.54) is 0 Å². The first-order valence-electron chi connectivity index (χ1n) is 5.72. The molecule has 0 saturated carbocycles. The summed E-state index contributed by atoms with van der Waals surface area (Å²) in [7, 11) is 0. The van der Waals surface area contributed by atoms with E-state index in [2.05, 4.69) is 6.92 Å². The summed E-state index contributed by atoms with van der Waals surface area (Å²) in [5.41, 5.74) is 0.558. The van der Waals surface area contributed by atoms with Crippen molar-refractivity contribution in [3.05, 3.63) is 29.8 Å². The average Bonchev–Trinajstić information content (AvgIpc) is 3.08. The van der Waals surface area contributed by atoms with Gasteiger partial charge in [-0.3, -0.25) is 4.79 Å². The number of para-hydroxylation sites is 1. The Bertz CT molecular complexity index is 410. The number of hydrogen-bond donors (Lipinski definition) is 1. The first-order valence-corrected chi connectivity index (χ1v) is 5.72. The van der Waals surface area contributed by atoms with Gasteiger partial charge < -0.3 is 14.6 Å². The predicted octanol–water partition coefficient (Wildman–Crippen LogP) is 1.87. The third kappa shape index (κ3) is 2.97. The van der Waals surface area contributed by atoms with Crippen LogP contribution >= 0.6 is 0 Å². The van der Waals surface area contributed by atoms with Crippen LogP contribution in [0, 0.1) is 0 Å². The summed E-state index contributed by atoms with van der Waals surface area (Å²) in [4.78, 5) is 10.7. The molecule has 1 aromatic rings. The standard InChI is InChI=1S/C13H16O4/c1-2-13(9-17-13)8-16-11-6-4-3-5-10(11)7-12(14)15/h3-6H,2,7-9H2,1H3,(H,14,15). The van der Waals surface area contributed by atoms with Crippen molar-refractivity contribution in [3.8, 4) is 5.75 Å². The van der Waals surface area contributed by atoms with Gasteiger partial charge in [0.05, 0.1) is 13.0 Å². The summed E-state index contributed by atoms with van der Waals surface area (Å²) < 4.78 is 11.0. The van der Waals surface area contributed by atoms with Gasteiger partial charge in [0.25, 0.3) is 0 Å². The fourth-order valence-corrected chi connectivity index (χ4v) is 1.65. The number of carboxylic acid groups (broad SMARTS) is 1. The smallest absolute Gasteiger partial charge is 0.307 e. The molecule has 0 aliphatic carbocycles. The van der Waals surface area contributed by atoms with Crippen LogP contribution in [0.5, 0.6) is 5.75 Å². The second kappa shape index (κ2) is 4.75. The van der Waals surface area contributed by atoms with Crippen LogP contribution < -0.4 is 4.74 Å². The molecule has 1 aliphatic heterocycles. The van der Waals surface area contributed by atoms with Crippen LogP contribution in [0.1, 0.15) is 18.9 Å². The first kappa shape index (κ1) is 11.9. The maximum atomic E-state index is 10.7. The van der Waals surface area contributed by atoms with Crippen molar-refractivity contribution >= 4 is 5.97 Å². The molecule has 1 heterocycles. The molecule has 1 N–H and O–H groups in total. The van der Waals surface area contributed by atoms with E-state index in [4.69, 9.17) is 14.6 Å². The van der Waals surface area contributed by atoms with Gasteiger partial charge in [0.2, 0.25) is 0 Å². The average molecular weight is 236 g/mol. The summed E-state index contributed by atoms with van der Waals surface area (Å²) in [5, 5.41) is 8.80. The fourth-order valence-electron chi connectivity index (χ4n) is 1.65. The fraction of sp³-hybridized carbons (Fsp3) is 0.462. The third-order valence-corrected chi connectivity index (χ3v) is 3.00. The summed E-state index contributed by atoms with van der Waals surface area (Å²) >= 11 is 0. The molecule has 0 bridgehead atoms. The minimum atomic E-state index is -0.853. The lowest BCUT2D eigenvalue weighted by Gasteiger charge is -2.13. The summed E-state index contributed by atoms with van der Waals surface area (Å²) in [6.45, 7) is 3.27. The molecule has 2 rings (SSSR count). The summed E-state index contributed by atoms with van der Waals surface area (Å²) in [6.07, 6.45) is 0.893. The molecule has 0 amide bonds. The van der Waals surface area contributed by atoms with Gasteiger partial charge in [0, 0.05) is 5.56 Å². The van der Waals surface area contributed by atoms with Crippen LogP contribution in [0.3, 0.4) is 0 Å². The molecule has 0 spiro atoms. The van der Waals surface area contributed by atoms with Gasteiger partial charge >= 0.3 is 5.97 Å². The molecule has 4 nitrogen and oxygen atoms in total. The van der Waals surface area contributed by atoms with E-state index >= 15 is 0 Å². The molecule has 92 valence electrons. The van der Waals surface area contributed by atoms with Gasteiger partial charge in [-0.2, -0.15) is 0 Å². The lowest BCUT2D eigenvalue weighted by molar-refractivity contribution is -0.136. The van der Waals surface area contributed by atoms with Crippen LogP contribution in [-0.4, -0.2) is 29.9 Å². The van der Waals surface area contributed by atoms with E-state index in [0.717, 1.165) is 13.0 Å². The molecule has 1 aromatic carbocycles. The van der Waals surface area contributed by atoms with E-state index < -0.39 is 5.97 Å². The molecule has 1 aliphatic rings. The minimum absolute atomic E-state index is 0.0177. The van der Waals surface area contributed by atoms with Crippen molar-refractivity contribution in [3.63, 3.8) is 0 Å². The van der Waals surface area contributed by atoms with E-state index in [0.29, 0.717) is 17.9 Å². The third-order valence-electron chi connectivity index (χ3n) is 3.00. The Kier molecular flexibility index (Phi) is 3.33. The minimum Gasteiger partial charge on any atom is -0.490 e. The molecule has 4 heteroatoms. The van der Waals surface area contributed by atoms with Crippen LogP contribution in [0.4, 0.5) is 0 Å². The monoisotopic (exact) mass is 236 g/mol. The van der Waals surface area contributed by atoms with Gasteiger partial charge in [-0.25, -0.2) is 0 Å². The zero-order valence-electron chi connectivity index (χ0n) is 9.81. The number of benzene rings is 1. The highest BCUT2D eigenvalue weighted by atomic mass is 16.6. The second-order valence-electron chi connectivity index (χ2n) is 4.29. The topological polar surface area (TPSA) is 59.1 Å². The predicted molar refractivity (Wildman–Crippen MR) is 62.3 cm³/mol. The van der Waals surface area contributed by atoms with E-state index in [-0.39, 0.29) is 12.0 Å². The van der Waals surface area contributed by atoms with E-state index in [1.54, 1.807) is 12.1 Å². The lowest BCUT2D eigenvalue weighted by Crippen LogP contribution is -2.21. The maximum absolute atomic E-state index is 10.7. The zero-order chi connectivity index (χ0) is 12.3. The van der Waals surface area contributed by atoms with Crippen molar-refractivity contribution in [2.45, 2.75) is 25.4 Å². The SMILES string of the molecule is CCC1(COc2ccccc2CC(=O)O)CO1. The van der Waals surface area contributed by atoms with Crippen LogP contribution in [0.2, 0.25) is 0 Å². The second-order valence-corrected chi connectivity index (χ2v) is 4.29. The molecular weight excluding hydrogens is 220 g/mol. The molecule has 0 radical (unpaired) electrons. The number of carboxylic acids is 1. The van der Waals surface area contributed by atoms with E-state index in [1.807, 2.05) is 12.1 Å². The van der Waals surface area contributed by atoms with Gasteiger partial charge in [-0.1, -0.05) is 25.1 Å². The molecule has 1 fully saturated rings. The Morgan fingerprint density at radius 3 is 2.82 bits per heavy atom. The number of ether oxygens (including phenoxy) is 2. The number of hydrogen-bond acceptors (Lipinski definition) is 3. The van der Waals surface area contributed by atoms with Gasteiger partial charge in [-0.15, -0.1) is 0 Å². The van der Waals surface area contributed by atoms with Crippen molar-refractivity contribution < 1.29 is 19.4 Å². The van der Waals surface area contributed by atoms with Crippen LogP contribution in [0.15, 0.2) is 24.3 Å². The molecule has 0 aromatic heterocycles. The first-order chi connectivity index (χ1) is 8.15. The Morgan fingerprint density at radius 1 is 1.53 bits per heavy atom. The molecule has 1 atom stereocenters. The molecular formula is C13H16O4. The highest BCUT2D eigenvalue weighted by molar-refractivity contribution is 5.71. The quantitative estimate of drug-likeness (QED) is 0.766. The highest BCUT2D eigenvalue weighted by Gasteiger charge is 2.43. The summed E-state index contributed by atoms with van der Waals surface area (Å²) in [6, 6.07) is 7.22. The Hall–Kier alpha value is -1.55. The van der Waals surface area contributed by atoms with Crippen molar-refractivity contribution in [1.29, 1.82) is 0 Å². The van der Waals surface area contributed by atoms with Crippen molar-refractivity contribution in [2.75, 3.05) is 13.2 Å². The Balaban J connectivity index is 2.02. The van der Waals surface area contributed by atoms with Crippen molar-refractivity contribution in [1.82, 2.24) is 0 Å².